The van der Waals surface area contributed by atoms with Crippen LogP contribution in [0.15, 0.2) is 22.7 Å². The number of nitriles is 1. The zero-order valence-electron chi connectivity index (χ0n) is 7.06. The predicted octanol–water partition coefficient (Wildman–Crippen LogP) is 3.64. The molecule has 68 valence electrons. The molecule has 0 aliphatic carbocycles. The average Bonchev–Trinajstić information content (AvgIpc) is 2.17. The Morgan fingerprint density at radius 1 is 1.46 bits per heavy atom. The first kappa shape index (κ1) is 10.6. The van der Waals surface area contributed by atoms with Crippen LogP contribution in [0, 0.1) is 11.3 Å². The Hall–Kier alpha value is -0.520. The van der Waals surface area contributed by atoms with Gasteiger partial charge in [-0.1, -0.05) is 28.1 Å². The number of hydrogen-bond acceptors (Lipinski definition) is 1. The Balaban J connectivity index is 2.85. The number of alkyl halides is 1. The highest BCUT2D eigenvalue weighted by atomic mass is 79.9. The summed E-state index contributed by atoms with van der Waals surface area (Å²) in [6.07, 6.45) is 1.33. The van der Waals surface area contributed by atoms with Gasteiger partial charge in [-0.2, -0.15) is 5.26 Å². The standard InChI is InChI=1S/C10H9BrClN/c11-10-4-3-8(7-12)6-9(10)2-1-5-13/h3-4,6H,1-2,7H2. The minimum Gasteiger partial charge on any atom is -0.198 e. The molecule has 0 aliphatic rings. The summed E-state index contributed by atoms with van der Waals surface area (Å²) in [6.45, 7) is 0. The summed E-state index contributed by atoms with van der Waals surface area (Å²) in [7, 11) is 0. The molecule has 0 saturated carbocycles. The molecule has 0 N–H and O–H groups in total. The quantitative estimate of drug-likeness (QED) is 0.759. The molecule has 0 aliphatic heterocycles. The molecular formula is C10H9BrClN. The van der Waals surface area contributed by atoms with E-state index in [2.05, 4.69) is 22.0 Å². The van der Waals surface area contributed by atoms with Crippen LogP contribution >= 0.6 is 27.5 Å². The fourth-order valence-corrected chi connectivity index (χ4v) is 1.70. The first-order valence-electron chi connectivity index (χ1n) is 3.98. The zero-order valence-corrected chi connectivity index (χ0v) is 9.40. The number of halogens is 2. The summed E-state index contributed by atoms with van der Waals surface area (Å²) < 4.78 is 1.05. The monoisotopic (exact) mass is 257 g/mol. The van der Waals surface area contributed by atoms with Gasteiger partial charge in [-0.05, 0) is 23.6 Å². The van der Waals surface area contributed by atoms with Gasteiger partial charge in [-0.3, -0.25) is 0 Å². The Bertz CT molecular complexity index is 330. The van der Waals surface area contributed by atoms with E-state index < -0.39 is 0 Å². The van der Waals surface area contributed by atoms with E-state index in [1.54, 1.807) is 0 Å². The van der Waals surface area contributed by atoms with Crippen LogP contribution in [-0.4, -0.2) is 0 Å². The summed E-state index contributed by atoms with van der Waals surface area (Å²) >= 11 is 9.14. The molecule has 1 aromatic rings. The second-order valence-corrected chi connectivity index (χ2v) is 3.84. The molecule has 0 spiro atoms. The lowest BCUT2D eigenvalue weighted by atomic mass is 10.1. The van der Waals surface area contributed by atoms with Gasteiger partial charge in [-0.25, -0.2) is 0 Å². The van der Waals surface area contributed by atoms with Crippen molar-refractivity contribution in [2.24, 2.45) is 0 Å². The predicted molar refractivity (Wildman–Crippen MR) is 57.6 cm³/mol. The first-order chi connectivity index (χ1) is 6.27. The Kier molecular flexibility index (Phi) is 4.27. The van der Waals surface area contributed by atoms with Crippen molar-refractivity contribution in [1.82, 2.24) is 0 Å². The van der Waals surface area contributed by atoms with E-state index in [9.17, 15) is 0 Å². The molecule has 0 unspecified atom stereocenters. The van der Waals surface area contributed by atoms with Crippen LogP contribution in [-0.2, 0) is 12.3 Å². The highest BCUT2D eigenvalue weighted by Gasteiger charge is 2.00. The fourth-order valence-electron chi connectivity index (χ4n) is 1.09. The van der Waals surface area contributed by atoms with Crippen molar-refractivity contribution in [3.63, 3.8) is 0 Å². The number of aryl methyl sites for hydroxylation is 1. The maximum atomic E-state index is 8.45. The van der Waals surface area contributed by atoms with Gasteiger partial charge in [0.05, 0.1) is 6.07 Å². The van der Waals surface area contributed by atoms with Crippen molar-refractivity contribution in [2.75, 3.05) is 0 Å². The summed E-state index contributed by atoms with van der Waals surface area (Å²) in [6, 6.07) is 8.12. The third kappa shape index (κ3) is 3.02. The first-order valence-corrected chi connectivity index (χ1v) is 5.31. The lowest BCUT2D eigenvalue weighted by Gasteiger charge is -2.03. The van der Waals surface area contributed by atoms with Crippen molar-refractivity contribution in [1.29, 1.82) is 5.26 Å². The maximum absolute atomic E-state index is 8.45. The van der Waals surface area contributed by atoms with Crippen LogP contribution in [0.4, 0.5) is 0 Å². The van der Waals surface area contributed by atoms with Crippen LogP contribution in [0.3, 0.4) is 0 Å². The van der Waals surface area contributed by atoms with E-state index in [1.807, 2.05) is 18.2 Å². The molecule has 1 nitrogen and oxygen atoms in total. The van der Waals surface area contributed by atoms with Gasteiger partial charge >= 0.3 is 0 Å². The number of benzene rings is 1. The van der Waals surface area contributed by atoms with E-state index >= 15 is 0 Å². The van der Waals surface area contributed by atoms with Crippen LogP contribution in [0.2, 0.25) is 0 Å². The molecule has 1 aromatic carbocycles. The Morgan fingerprint density at radius 3 is 2.85 bits per heavy atom. The van der Waals surface area contributed by atoms with Crippen molar-refractivity contribution < 1.29 is 0 Å². The van der Waals surface area contributed by atoms with E-state index in [4.69, 9.17) is 16.9 Å². The summed E-state index contributed by atoms with van der Waals surface area (Å²) in [4.78, 5) is 0. The molecule has 0 radical (unpaired) electrons. The molecule has 0 bridgehead atoms. The van der Waals surface area contributed by atoms with Crippen LogP contribution in [0.25, 0.3) is 0 Å². The smallest absolute Gasteiger partial charge is 0.0625 e. The molecule has 0 fully saturated rings. The van der Waals surface area contributed by atoms with Crippen LogP contribution < -0.4 is 0 Å². The highest BCUT2D eigenvalue weighted by Crippen LogP contribution is 2.20. The molecule has 0 heterocycles. The molecule has 3 heteroatoms. The lowest BCUT2D eigenvalue weighted by Crippen LogP contribution is -1.88. The molecule has 13 heavy (non-hydrogen) atoms. The van der Waals surface area contributed by atoms with Crippen LogP contribution in [0.1, 0.15) is 17.5 Å². The molecule has 0 saturated heterocycles. The van der Waals surface area contributed by atoms with E-state index in [0.717, 1.165) is 22.0 Å². The highest BCUT2D eigenvalue weighted by molar-refractivity contribution is 9.10. The van der Waals surface area contributed by atoms with Gasteiger partial charge in [0.25, 0.3) is 0 Å². The average molecular weight is 259 g/mol. The topological polar surface area (TPSA) is 23.8 Å². The molecule has 1 rings (SSSR count). The minimum absolute atomic E-state index is 0.521. The summed E-state index contributed by atoms with van der Waals surface area (Å²) in [5.41, 5.74) is 2.25. The van der Waals surface area contributed by atoms with Gasteiger partial charge in [0.1, 0.15) is 0 Å². The van der Waals surface area contributed by atoms with E-state index in [1.165, 1.54) is 0 Å². The number of hydrogen-bond donors (Lipinski definition) is 0. The second kappa shape index (κ2) is 5.26. The zero-order chi connectivity index (χ0) is 9.68. The van der Waals surface area contributed by atoms with E-state index in [0.29, 0.717) is 12.3 Å². The largest absolute Gasteiger partial charge is 0.198 e. The van der Waals surface area contributed by atoms with Gasteiger partial charge in [0.2, 0.25) is 0 Å². The normalized spacial score (nSPS) is 9.62. The fraction of sp³-hybridized carbons (Fsp3) is 0.300. The van der Waals surface area contributed by atoms with Gasteiger partial charge in [0, 0.05) is 16.8 Å². The summed E-state index contributed by atoms with van der Waals surface area (Å²) in [5, 5.41) is 8.45. The van der Waals surface area contributed by atoms with Crippen molar-refractivity contribution in [3.05, 3.63) is 33.8 Å². The second-order valence-electron chi connectivity index (χ2n) is 2.72. The molecular weight excluding hydrogens is 249 g/mol. The SMILES string of the molecule is N#CCCc1cc(CCl)ccc1Br. The number of rotatable bonds is 3. The van der Waals surface area contributed by atoms with Crippen LogP contribution in [0.5, 0.6) is 0 Å². The maximum Gasteiger partial charge on any atom is 0.0625 e. The third-order valence-corrected chi connectivity index (χ3v) is 2.85. The van der Waals surface area contributed by atoms with Crippen molar-refractivity contribution in [3.8, 4) is 6.07 Å². The van der Waals surface area contributed by atoms with Crippen molar-refractivity contribution >= 4 is 27.5 Å². The van der Waals surface area contributed by atoms with Gasteiger partial charge in [0.15, 0.2) is 0 Å². The van der Waals surface area contributed by atoms with Gasteiger partial charge < -0.3 is 0 Å². The minimum atomic E-state index is 0.521. The summed E-state index contributed by atoms with van der Waals surface area (Å²) in [5.74, 6) is 0.521. The molecule has 0 atom stereocenters. The molecule has 0 aromatic heterocycles. The lowest BCUT2D eigenvalue weighted by molar-refractivity contribution is 0.999. The Labute approximate surface area is 91.5 Å². The molecule has 0 amide bonds. The van der Waals surface area contributed by atoms with Crippen molar-refractivity contribution in [2.45, 2.75) is 18.7 Å². The number of nitrogens with zero attached hydrogens (tertiary/aromatic N) is 1. The van der Waals surface area contributed by atoms with Gasteiger partial charge in [-0.15, -0.1) is 11.6 Å². The third-order valence-electron chi connectivity index (χ3n) is 1.77. The Morgan fingerprint density at radius 2 is 2.23 bits per heavy atom. The van der Waals surface area contributed by atoms with E-state index in [-0.39, 0.29) is 0 Å².